The van der Waals surface area contributed by atoms with E-state index < -0.39 is 0 Å². The number of rotatable bonds is 5. The molecule has 3 rings (SSSR count). The van der Waals surface area contributed by atoms with Gasteiger partial charge in [-0.1, -0.05) is 54.6 Å². The normalized spacial score (nSPS) is 11.2. The van der Waals surface area contributed by atoms with Crippen LogP contribution in [-0.4, -0.2) is 16.0 Å². The standard InChI is InChI=1S/C19H15BrN4O/c20-18-17(23-21-13-7-10-15-8-3-1-4-9-15)14-22-24(19(18)25)16-11-5-2-6-12-16/h1-14,23H/b10-7+,21-13+. The lowest BCUT2D eigenvalue weighted by Crippen LogP contribution is -2.22. The number of anilines is 1. The second-order valence-corrected chi connectivity index (χ2v) is 5.88. The van der Waals surface area contributed by atoms with E-state index in [1.165, 1.54) is 4.68 Å². The van der Waals surface area contributed by atoms with E-state index in [9.17, 15) is 4.79 Å². The summed E-state index contributed by atoms with van der Waals surface area (Å²) in [6.45, 7) is 0. The lowest BCUT2D eigenvalue weighted by molar-refractivity contribution is 0.801. The van der Waals surface area contributed by atoms with Crippen molar-refractivity contribution in [1.29, 1.82) is 0 Å². The Morgan fingerprint density at radius 3 is 2.44 bits per heavy atom. The van der Waals surface area contributed by atoms with E-state index in [0.717, 1.165) is 5.56 Å². The number of benzene rings is 2. The van der Waals surface area contributed by atoms with Crippen LogP contribution in [-0.2, 0) is 0 Å². The molecule has 25 heavy (non-hydrogen) atoms. The first-order chi connectivity index (χ1) is 12.3. The number of nitrogens with zero attached hydrogens (tertiary/aromatic N) is 3. The maximum Gasteiger partial charge on any atom is 0.287 e. The predicted molar refractivity (Wildman–Crippen MR) is 105 cm³/mol. The summed E-state index contributed by atoms with van der Waals surface area (Å²) in [5, 5.41) is 8.26. The van der Waals surface area contributed by atoms with Gasteiger partial charge in [0.2, 0.25) is 0 Å². The quantitative estimate of drug-likeness (QED) is 0.523. The van der Waals surface area contributed by atoms with Gasteiger partial charge in [0.1, 0.15) is 4.47 Å². The highest BCUT2D eigenvalue weighted by Gasteiger charge is 2.09. The van der Waals surface area contributed by atoms with Gasteiger partial charge in [0, 0.05) is 6.21 Å². The number of hydrazone groups is 1. The largest absolute Gasteiger partial charge is 0.287 e. The Morgan fingerprint density at radius 1 is 1.04 bits per heavy atom. The third-order valence-corrected chi connectivity index (χ3v) is 4.12. The van der Waals surface area contributed by atoms with Crippen LogP contribution < -0.4 is 11.0 Å². The van der Waals surface area contributed by atoms with Gasteiger partial charge in [-0.15, -0.1) is 0 Å². The van der Waals surface area contributed by atoms with Gasteiger partial charge in [-0.25, -0.2) is 0 Å². The zero-order valence-corrected chi connectivity index (χ0v) is 14.8. The number of allylic oxidation sites excluding steroid dienone is 1. The van der Waals surface area contributed by atoms with Crippen molar-refractivity contribution in [1.82, 2.24) is 9.78 Å². The van der Waals surface area contributed by atoms with Gasteiger partial charge in [0.05, 0.1) is 17.6 Å². The summed E-state index contributed by atoms with van der Waals surface area (Å²) in [5.74, 6) is 0. The van der Waals surface area contributed by atoms with Gasteiger partial charge >= 0.3 is 0 Å². The highest BCUT2D eigenvalue weighted by Crippen LogP contribution is 2.17. The Balaban J connectivity index is 1.71. The minimum Gasteiger partial charge on any atom is -0.276 e. The summed E-state index contributed by atoms with van der Waals surface area (Å²) in [7, 11) is 0. The molecule has 124 valence electrons. The van der Waals surface area contributed by atoms with E-state index in [4.69, 9.17) is 0 Å². The van der Waals surface area contributed by atoms with Crippen molar-refractivity contribution >= 4 is 33.9 Å². The fourth-order valence-corrected chi connectivity index (χ4v) is 2.49. The van der Waals surface area contributed by atoms with Crippen molar-refractivity contribution < 1.29 is 0 Å². The molecule has 6 heteroatoms. The lowest BCUT2D eigenvalue weighted by atomic mass is 10.2. The van der Waals surface area contributed by atoms with Crippen LogP contribution in [0.4, 0.5) is 5.69 Å². The average Bonchev–Trinajstić information content (AvgIpc) is 2.66. The van der Waals surface area contributed by atoms with Gasteiger partial charge in [-0.3, -0.25) is 10.2 Å². The Kier molecular flexibility index (Phi) is 5.53. The highest BCUT2D eigenvalue weighted by molar-refractivity contribution is 9.10. The molecule has 0 saturated heterocycles. The third kappa shape index (κ3) is 4.30. The summed E-state index contributed by atoms with van der Waals surface area (Å²) in [5.41, 5.74) is 4.85. The Morgan fingerprint density at radius 2 is 1.72 bits per heavy atom. The van der Waals surface area contributed by atoms with Crippen molar-refractivity contribution in [3.63, 3.8) is 0 Å². The molecular weight excluding hydrogens is 380 g/mol. The molecule has 0 radical (unpaired) electrons. The molecule has 0 atom stereocenters. The summed E-state index contributed by atoms with van der Waals surface area (Å²) in [6.07, 6.45) is 6.92. The van der Waals surface area contributed by atoms with Crippen LogP contribution >= 0.6 is 15.9 Å². The molecule has 0 amide bonds. The molecule has 0 bridgehead atoms. The summed E-state index contributed by atoms with van der Waals surface area (Å²) in [6, 6.07) is 19.1. The summed E-state index contributed by atoms with van der Waals surface area (Å²) >= 11 is 3.31. The van der Waals surface area contributed by atoms with Crippen molar-refractivity contribution in [2.45, 2.75) is 0 Å². The predicted octanol–water partition coefficient (Wildman–Crippen LogP) is 4.11. The maximum atomic E-state index is 12.4. The molecule has 0 saturated carbocycles. The number of halogens is 1. The van der Waals surface area contributed by atoms with E-state index in [1.807, 2.05) is 72.8 Å². The Hall–Kier alpha value is -2.99. The van der Waals surface area contributed by atoms with E-state index in [1.54, 1.807) is 12.4 Å². The first-order valence-corrected chi connectivity index (χ1v) is 8.39. The third-order valence-electron chi connectivity index (χ3n) is 3.35. The van der Waals surface area contributed by atoms with Gasteiger partial charge in [-0.05, 0) is 39.7 Å². The number of para-hydroxylation sites is 1. The second-order valence-electron chi connectivity index (χ2n) is 5.08. The Bertz CT molecular complexity index is 950. The first-order valence-electron chi connectivity index (χ1n) is 7.60. The van der Waals surface area contributed by atoms with Crippen molar-refractivity contribution in [2.75, 3.05) is 5.43 Å². The molecule has 2 aromatic carbocycles. The average molecular weight is 395 g/mol. The van der Waals surface area contributed by atoms with Crippen molar-refractivity contribution in [2.24, 2.45) is 5.10 Å². The van der Waals surface area contributed by atoms with E-state index >= 15 is 0 Å². The molecule has 1 N–H and O–H groups in total. The van der Waals surface area contributed by atoms with Crippen LogP contribution in [0.2, 0.25) is 0 Å². The summed E-state index contributed by atoms with van der Waals surface area (Å²) < 4.78 is 1.70. The van der Waals surface area contributed by atoms with Crippen LogP contribution in [0.5, 0.6) is 0 Å². The monoisotopic (exact) mass is 394 g/mol. The molecule has 0 unspecified atom stereocenters. The van der Waals surface area contributed by atoms with Gasteiger partial charge in [-0.2, -0.15) is 14.9 Å². The maximum absolute atomic E-state index is 12.4. The molecule has 1 aromatic heterocycles. The SMILES string of the molecule is O=c1c(Br)c(N/N=C/C=C/c2ccccc2)cnn1-c1ccccc1. The molecule has 0 aliphatic rings. The topological polar surface area (TPSA) is 59.3 Å². The molecule has 0 fully saturated rings. The lowest BCUT2D eigenvalue weighted by Gasteiger charge is -2.07. The number of hydrogen-bond acceptors (Lipinski definition) is 4. The Labute approximate surface area is 153 Å². The zero-order chi connectivity index (χ0) is 17.5. The van der Waals surface area contributed by atoms with Crippen LogP contribution in [0, 0.1) is 0 Å². The minimum absolute atomic E-state index is 0.258. The summed E-state index contributed by atoms with van der Waals surface area (Å²) in [4.78, 5) is 12.4. The molecular formula is C19H15BrN4O. The fourth-order valence-electron chi connectivity index (χ4n) is 2.13. The van der Waals surface area contributed by atoms with Crippen LogP contribution in [0.1, 0.15) is 5.56 Å². The van der Waals surface area contributed by atoms with Gasteiger partial charge < -0.3 is 0 Å². The second kappa shape index (κ2) is 8.21. The number of hydrogen-bond donors (Lipinski definition) is 1. The molecule has 0 spiro atoms. The molecule has 0 aliphatic carbocycles. The van der Waals surface area contributed by atoms with E-state index in [2.05, 4.69) is 31.6 Å². The number of nitrogens with one attached hydrogen (secondary N) is 1. The molecule has 1 heterocycles. The smallest absolute Gasteiger partial charge is 0.276 e. The molecule has 0 aliphatic heterocycles. The molecule has 5 nitrogen and oxygen atoms in total. The zero-order valence-electron chi connectivity index (χ0n) is 13.2. The van der Waals surface area contributed by atoms with Crippen LogP contribution in [0.3, 0.4) is 0 Å². The van der Waals surface area contributed by atoms with E-state index in [-0.39, 0.29) is 5.56 Å². The van der Waals surface area contributed by atoms with Gasteiger partial charge in [0.25, 0.3) is 5.56 Å². The number of aromatic nitrogens is 2. The first kappa shape index (κ1) is 16.9. The van der Waals surface area contributed by atoms with E-state index in [0.29, 0.717) is 15.8 Å². The minimum atomic E-state index is -0.258. The highest BCUT2D eigenvalue weighted by atomic mass is 79.9. The van der Waals surface area contributed by atoms with Crippen LogP contribution in [0.25, 0.3) is 11.8 Å². The van der Waals surface area contributed by atoms with Crippen molar-refractivity contribution in [3.05, 3.63) is 93.3 Å². The fraction of sp³-hybridized carbons (Fsp3) is 0. The van der Waals surface area contributed by atoms with Crippen LogP contribution in [0.15, 0.2) is 87.3 Å². The van der Waals surface area contributed by atoms with Gasteiger partial charge in [0.15, 0.2) is 0 Å². The molecule has 3 aromatic rings. The van der Waals surface area contributed by atoms with Crippen molar-refractivity contribution in [3.8, 4) is 5.69 Å².